The lowest BCUT2D eigenvalue weighted by atomic mass is 10.1. The fourth-order valence-corrected chi connectivity index (χ4v) is 4.67. The maximum Gasteiger partial charge on any atom is 0.246 e. The molecule has 1 aromatic carbocycles. The maximum absolute atomic E-state index is 11.5. The highest BCUT2D eigenvalue weighted by Gasteiger charge is 2.41. The average Bonchev–Trinajstić information content (AvgIpc) is 2.65. The van der Waals surface area contributed by atoms with Gasteiger partial charge in [0.2, 0.25) is 3.79 Å². The second-order valence-electron chi connectivity index (χ2n) is 4.79. The minimum atomic E-state index is -2.93. The number of sulfone groups is 1. The highest BCUT2D eigenvalue weighted by Crippen LogP contribution is 2.37. The highest BCUT2D eigenvalue weighted by molar-refractivity contribution is 7.91. The van der Waals surface area contributed by atoms with E-state index >= 15 is 0 Å². The van der Waals surface area contributed by atoms with Crippen molar-refractivity contribution in [1.29, 1.82) is 0 Å². The van der Waals surface area contributed by atoms with Gasteiger partial charge in [-0.1, -0.05) is 65.1 Å². The Labute approximate surface area is 128 Å². The smallest absolute Gasteiger partial charge is 0.246 e. The van der Waals surface area contributed by atoms with Gasteiger partial charge in [-0.05, 0) is 0 Å². The van der Waals surface area contributed by atoms with Crippen LogP contribution >= 0.6 is 34.8 Å². The molecule has 106 valence electrons. The fourth-order valence-electron chi connectivity index (χ4n) is 2.32. The summed E-state index contributed by atoms with van der Waals surface area (Å²) in [6.07, 6.45) is 0.604. The Hall–Kier alpha value is -0.000000000000000111. The molecule has 1 saturated heterocycles. The minimum Gasteiger partial charge on any atom is -0.333 e. The van der Waals surface area contributed by atoms with Crippen molar-refractivity contribution >= 4 is 44.6 Å². The van der Waals surface area contributed by atoms with Crippen LogP contribution in [0.4, 0.5) is 0 Å². The Morgan fingerprint density at radius 2 is 1.84 bits per heavy atom. The van der Waals surface area contributed by atoms with Gasteiger partial charge in [0.05, 0.1) is 5.75 Å². The first-order chi connectivity index (χ1) is 8.78. The van der Waals surface area contributed by atoms with E-state index in [0.717, 1.165) is 5.56 Å². The van der Waals surface area contributed by atoms with E-state index in [2.05, 4.69) is 0 Å². The van der Waals surface area contributed by atoms with E-state index in [1.165, 1.54) is 0 Å². The van der Waals surface area contributed by atoms with E-state index in [4.69, 9.17) is 34.8 Å². The molecule has 19 heavy (non-hydrogen) atoms. The number of quaternary nitrogens is 1. The predicted octanol–water partition coefficient (Wildman–Crippen LogP) is 1.85. The molecule has 2 rings (SSSR count). The standard InChI is InChI=1S/C12H14Cl3NO2S/c13-12(14,15)11(9-4-2-1-3-5-9)16-10-6-7-19(17,18)8-10/h1-5,10-11,16H,6-8H2/p+1/t10-,11+/m0/s1. The van der Waals surface area contributed by atoms with Gasteiger partial charge < -0.3 is 5.32 Å². The molecule has 2 atom stereocenters. The van der Waals surface area contributed by atoms with E-state index in [-0.39, 0.29) is 17.5 Å². The summed E-state index contributed by atoms with van der Waals surface area (Å²) in [5.41, 5.74) is 0.881. The van der Waals surface area contributed by atoms with Crippen LogP contribution in [0, 0.1) is 0 Å². The number of alkyl halides is 3. The van der Waals surface area contributed by atoms with E-state index in [9.17, 15) is 8.42 Å². The molecule has 3 nitrogen and oxygen atoms in total. The zero-order valence-electron chi connectivity index (χ0n) is 10.1. The molecule has 7 heteroatoms. The first-order valence-electron chi connectivity index (χ1n) is 5.95. The zero-order valence-corrected chi connectivity index (χ0v) is 13.2. The molecule has 1 aromatic rings. The Kier molecular flexibility index (Phi) is 4.68. The molecule has 1 heterocycles. The van der Waals surface area contributed by atoms with Crippen molar-refractivity contribution in [2.75, 3.05) is 11.5 Å². The SMILES string of the molecule is O=S1(=O)CC[C@H]([NH2+][C@H](c2ccccc2)C(Cl)(Cl)Cl)C1. The Balaban J connectivity index is 2.17. The summed E-state index contributed by atoms with van der Waals surface area (Å²) in [5.74, 6) is 0.368. The fraction of sp³-hybridized carbons (Fsp3) is 0.500. The summed E-state index contributed by atoms with van der Waals surface area (Å²) in [5, 5.41) is 1.87. The summed E-state index contributed by atoms with van der Waals surface area (Å²) in [7, 11) is -2.93. The molecule has 0 saturated carbocycles. The van der Waals surface area contributed by atoms with Crippen LogP contribution in [0.5, 0.6) is 0 Å². The molecular formula is C12H15Cl3NO2S+. The average molecular weight is 344 g/mol. The van der Waals surface area contributed by atoms with Crippen molar-refractivity contribution in [3.8, 4) is 0 Å². The number of hydrogen-bond donors (Lipinski definition) is 1. The molecule has 0 unspecified atom stereocenters. The number of benzene rings is 1. The molecule has 0 amide bonds. The van der Waals surface area contributed by atoms with Crippen LogP contribution in [0.3, 0.4) is 0 Å². The normalized spacial score (nSPS) is 24.3. The first-order valence-corrected chi connectivity index (χ1v) is 8.90. The van der Waals surface area contributed by atoms with Crippen molar-refractivity contribution in [1.82, 2.24) is 0 Å². The van der Waals surface area contributed by atoms with Crippen LogP contribution in [0.2, 0.25) is 0 Å². The van der Waals surface area contributed by atoms with Gasteiger partial charge in [-0.15, -0.1) is 0 Å². The number of hydrogen-bond acceptors (Lipinski definition) is 2. The van der Waals surface area contributed by atoms with Gasteiger partial charge in [-0.2, -0.15) is 0 Å². The largest absolute Gasteiger partial charge is 0.333 e. The third-order valence-corrected chi connectivity index (χ3v) is 5.74. The lowest BCUT2D eigenvalue weighted by molar-refractivity contribution is -0.722. The van der Waals surface area contributed by atoms with Crippen molar-refractivity contribution < 1.29 is 13.7 Å². The molecule has 0 aliphatic carbocycles. The van der Waals surface area contributed by atoms with Crippen LogP contribution in [0.1, 0.15) is 18.0 Å². The maximum atomic E-state index is 11.5. The lowest BCUT2D eigenvalue weighted by Gasteiger charge is -2.25. The number of nitrogens with two attached hydrogens (primary N) is 1. The third kappa shape index (κ3) is 4.23. The molecule has 1 aliphatic heterocycles. The molecule has 0 bridgehead atoms. The van der Waals surface area contributed by atoms with Crippen molar-refractivity contribution in [2.45, 2.75) is 22.3 Å². The molecular weight excluding hydrogens is 329 g/mol. The quantitative estimate of drug-likeness (QED) is 0.852. The Morgan fingerprint density at radius 3 is 2.32 bits per heavy atom. The predicted molar refractivity (Wildman–Crippen MR) is 78.5 cm³/mol. The number of halogens is 3. The van der Waals surface area contributed by atoms with Gasteiger partial charge >= 0.3 is 0 Å². The van der Waals surface area contributed by atoms with Crippen LogP contribution in [-0.2, 0) is 9.84 Å². The van der Waals surface area contributed by atoms with Gasteiger partial charge in [0, 0.05) is 12.0 Å². The highest BCUT2D eigenvalue weighted by atomic mass is 35.6. The summed E-state index contributed by atoms with van der Waals surface area (Å²) in [6.45, 7) is 0. The van der Waals surface area contributed by atoms with Crippen LogP contribution < -0.4 is 5.32 Å². The van der Waals surface area contributed by atoms with Crippen LogP contribution in [-0.4, -0.2) is 29.8 Å². The van der Waals surface area contributed by atoms with Crippen molar-refractivity contribution in [2.24, 2.45) is 0 Å². The van der Waals surface area contributed by atoms with E-state index in [0.29, 0.717) is 6.42 Å². The molecule has 1 fully saturated rings. The molecule has 1 aliphatic rings. The third-order valence-electron chi connectivity index (χ3n) is 3.24. The van der Waals surface area contributed by atoms with Gasteiger partial charge in [-0.3, -0.25) is 0 Å². The molecule has 2 N–H and O–H groups in total. The van der Waals surface area contributed by atoms with E-state index in [1.54, 1.807) is 0 Å². The van der Waals surface area contributed by atoms with Gasteiger partial charge in [-0.25, -0.2) is 8.42 Å². The molecule has 0 aromatic heterocycles. The number of rotatable bonds is 3. The summed E-state index contributed by atoms with van der Waals surface area (Å²) in [6, 6.07) is 8.94. The second-order valence-corrected chi connectivity index (χ2v) is 9.38. The Bertz CT molecular complexity index is 528. The monoisotopic (exact) mass is 342 g/mol. The Morgan fingerprint density at radius 1 is 1.21 bits per heavy atom. The van der Waals surface area contributed by atoms with Gasteiger partial charge in [0.25, 0.3) is 0 Å². The van der Waals surface area contributed by atoms with E-state index in [1.807, 2.05) is 35.6 Å². The lowest BCUT2D eigenvalue weighted by Crippen LogP contribution is -2.93. The van der Waals surface area contributed by atoms with Gasteiger partial charge in [0.1, 0.15) is 11.8 Å². The van der Waals surface area contributed by atoms with Crippen molar-refractivity contribution in [3.63, 3.8) is 0 Å². The van der Waals surface area contributed by atoms with Crippen LogP contribution in [0.25, 0.3) is 0 Å². The minimum absolute atomic E-state index is 0.0502. The first kappa shape index (κ1) is 15.4. The van der Waals surface area contributed by atoms with Crippen molar-refractivity contribution in [3.05, 3.63) is 35.9 Å². The molecule has 0 spiro atoms. The summed E-state index contributed by atoms with van der Waals surface area (Å²) >= 11 is 18.1. The second kappa shape index (κ2) is 5.78. The summed E-state index contributed by atoms with van der Waals surface area (Å²) < 4.78 is 21.5. The van der Waals surface area contributed by atoms with Crippen LogP contribution in [0.15, 0.2) is 30.3 Å². The van der Waals surface area contributed by atoms with E-state index < -0.39 is 19.7 Å². The van der Waals surface area contributed by atoms with Gasteiger partial charge in [0.15, 0.2) is 15.9 Å². The molecule has 0 radical (unpaired) electrons. The topological polar surface area (TPSA) is 50.8 Å². The summed E-state index contributed by atoms with van der Waals surface area (Å²) in [4.78, 5) is 0. The zero-order chi connectivity index (χ0) is 14.1.